The van der Waals surface area contributed by atoms with E-state index in [9.17, 15) is 0 Å². The van der Waals surface area contributed by atoms with Crippen LogP contribution in [-0.2, 0) is 5.41 Å². The van der Waals surface area contributed by atoms with Crippen LogP contribution in [0.2, 0.25) is 0 Å². The molecular weight excluding hydrogens is 172 g/mol. The van der Waals surface area contributed by atoms with Gasteiger partial charge in [-0.15, -0.1) is 0 Å². The highest BCUT2D eigenvalue weighted by Gasteiger charge is 2.26. The fraction of sp³-hybridized carbons (Fsp3) is 0.417. The fourth-order valence-electron chi connectivity index (χ4n) is 1.99. The molecule has 1 aliphatic rings. The Bertz CT molecular complexity index is 399. The number of fused-ring (bicyclic) bond motifs is 1. The van der Waals surface area contributed by atoms with E-state index in [1.807, 2.05) is 12.1 Å². The van der Waals surface area contributed by atoms with Gasteiger partial charge in [-0.3, -0.25) is 0 Å². The van der Waals surface area contributed by atoms with Crippen LogP contribution in [0.15, 0.2) is 18.2 Å². The SMILES string of the molecule is CC1(C)CCNc2cc(C#N)ccc21. The van der Waals surface area contributed by atoms with Crippen molar-refractivity contribution >= 4 is 5.69 Å². The summed E-state index contributed by atoms with van der Waals surface area (Å²) in [6, 6.07) is 8.07. The van der Waals surface area contributed by atoms with Crippen molar-refractivity contribution in [3.63, 3.8) is 0 Å². The van der Waals surface area contributed by atoms with Crippen LogP contribution in [0, 0.1) is 11.3 Å². The molecule has 0 unspecified atom stereocenters. The molecule has 0 radical (unpaired) electrons. The lowest BCUT2D eigenvalue weighted by molar-refractivity contribution is 0.482. The van der Waals surface area contributed by atoms with Gasteiger partial charge in [0.2, 0.25) is 0 Å². The lowest BCUT2D eigenvalue weighted by Crippen LogP contribution is -2.28. The van der Waals surface area contributed by atoms with E-state index in [1.165, 1.54) is 5.56 Å². The molecule has 0 atom stereocenters. The molecule has 1 heterocycles. The molecule has 2 nitrogen and oxygen atoms in total. The summed E-state index contributed by atoms with van der Waals surface area (Å²) in [6.45, 7) is 5.49. The second kappa shape index (κ2) is 3.02. The van der Waals surface area contributed by atoms with Gasteiger partial charge in [0.25, 0.3) is 0 Å². The molecular formula is C12H14N2. The number of nitrogens with zero attached hydrogens (tertiary/aromatic N) is 1. The van der Waals surface area contributed by atoms with Crippen LogP contribution in [0.25, 0.3) is 0 Å². The Morgan fingerprint density at radius 1 is 1.43 bits per heavy atom. The fourth-order valence-corrected chi connectivity index (χ4v) is 1.99. The quantitative estimate of drug-likeness (QED) is 0.676. The van der Waals surface area contributed by atoms with Crippen molar-refractivity contribution < 1.29 is 0 Å². The van der Waals surface area contributed by atoms with Gasteiger partial charge < -0.3 is 5.32 Å². The van der Waals surface area contributed by atoms with Gasteiger partial charge >= 0.3 is 0 Å². The zero-order chi connectivity index (χ0) is 10.2. The van der Waals surface area contributed by atoms with Crippen LogP contribution in [0.5, 0.6) is 0 Å². The monoisotopic (exact) mass is 186 g/mol. The Balaban J connectivity index is 2.53. The van der Waals surface area contributed by atoms with Gasteiger partial charge in [-0.25, -0.2) is 0 Å². The van der Waals surface area contributed by atoms with Crippen molar-refractivity contribution in [1.29, 1.82) is 5.26 Å². The highest BCUT2D eigenvalue weighted by Crippen LogP contribution is 2.36. The van der Waals surface area contributed by atoms with Crippen molar-refractivity contribution in [2.75, 3.05) is 11.9 Å². The smallest absolute Gasteiger partial charge is 0.0992 e. The van der Waals surface area contributed by atoms with E-state index in [-0.39, 0.29) is 5.41 Å². The summed E-state index contributed by atoms with van der Waals surface area (Å²) in [5, 5.41) is 12.1. The molecule has 0 aliphatic carbocycles. The van der Waals surface area contributed by atoms with Gasteiger partial charge in [-0.05, 0) is 29.5 Å². The minimum atomic E-state index is 0.231. The van der Waals surface area contributed by atoms with E-state index in [0.717, 1.165) is 24.2 Å². The van der Waals surface area contributed by atoms with Crippen molar-refractivity contribution in [1.82, 2.24) is 0 Å². The number of hydrogen-bond donors (Lipinski definition) is 1. The Morgan fingerprint density at radius 2 is 2.21 bits per heavy atom. The first kappa shape index (κ1) is 9.08. The predicted molar refractivity (Wildman–Crippen MR) is 57.3 cm³/mol. The van der Waals surface area contributed by atoms with Gasteiger partial charge in [-0.2, -0.15) is 5.26 Å². The number of nitrogens with one attached hydrogen (secondary N) is 1. The van der Waals surface area contributed by atoms with Crippen LogP contribution >= 0.6 is 0 Å². The third-order valence-electron chi connectivity index (χ3n) is 2.94. The molecule has 0 saturated carbocycles. The number of rotatable bonds is 0. The van der Waals surface area contributed by atoms with Crippen LogP contribution in [-0.4, -0.2) is 6.54 Å². The molecule has 1 aromatic carbocycles. The van der Waals surface area contributed by atoms with Gasteiger partial charge in [0.05, 0.1) is 11.6 Å². The third kappa shape index (κ3) is 1.35. The molecule has 0 aromatic heterocycles. The summed E-state index contributed by atoms with van der Waals surface area (Å²) in [7, 11) is 0. The summed E-state index contributed by atoms with van der Waals surface area (Å²) in [5.41, 5.74) is 3.41. The Labute approximate surface area is 84.6 Å². The molecule has 0 amide bonds. The molecule has 0 fully saturated rings. The Kier molecular flexibility index (Phi) is 1.96. The molecule has 1 aliphatic heterocycles. The second-order valence-electron chi connectivity index (χ2n) is 4.43. The van der Waals surface area contributed by atoms with E-state index in [0.29, 0.717) is 0 Å². The van der Waals surface area contributed by atoms with Gasteiger partial charge in [0.1, 0.15) is 0 Å². The molecule has 1 N–H and O–H groups in total. The summed E-state index contributed by atoms with van der Waals surface area (Å²) >= 11 is 0. The molecule has 0 bridgehead atoms. The number of anilines is 1. The molecule has 2 heteroatoms. The molecule has 0 spiro atoms. The second-order valence-corrected chi connectivity index (χ2v) is 4.43. The summed E-state index contributed by atoms with van der Waals surface area (Å²) < 4.78 is 0. The molecule has 14 heavy (non-hydrogen) atoms. The maximum Gasteiger partial charge on any atom is 0.0992 e. The highest BCUT2D eigenvalue weighted by molar-refractivity contribution is 5.59. The molecule has 0 saturated heterocycles. The van der Waals surface area contributed by atoms with E-state index in [2.05, 4.69) is 31.3 Å². The highest BCUT2D eigenvalue weighted by atomic mass is 14.9. The Hall–Kier alpha value is -1.49. The first-order chi connectivity index (χ1) is 6.63. The minimum absolute atomic E-state index is 0.231. The summed E-state index contributed by atoms with van der Waals surface area (Å²) in [4.78, 5) is 0. The Morgan fingerprint density at radius 3 is 2.93 bits per heavy atom. The standard InChI is InChI=1S/C12H14N2/c1-12(2)5-6-14-11-7-9(8-13)3-4-10(11)12/h3-4,7,14H,5-6H2,1-2H3. The summed E-state index contributed by atoms with van der Waals surface area (Å²) in [5.74, 6) is 0. The summed E-state index contributed by atoms with van der Waals surface area (Å²) in [6.07, 6.45) is 1.14. The van der Waals surface area contributed by atoms with Gasteiger partial charge in [-0.1, -0.05) is 19.9 Å². The average Bonchev–Trinajstić information content (AvgIpc) is 2.16. The third-order valence-corrected chi connectivity index (χ3v) is 2.94. The van der Waals surface area contributed by atoms with E-state index in [1.54, 1.807) is 0 Å². The molecule has 2 rings (SSSR count). The van der Waals surface area contributed by atoms with Crippen molar-refractivity contribution in [2.45, 2.75) is 25.7 Å². The largest absolute Gasteiger partial charge is 0.385 e. The maximum atomic E-state index is 8.79. The van der Waals surface area contributed by atoms with Crippen LogP contribution in [0.4, 0.5) is 5.69 Å². The number of nitriles is 1. The average molecular weight is 186 g/mol. The first-order valence-corrected chi connectivity index (χ1v) is 4.92. The normalized spacial score (nSPS) is 17.8. The van der Waals surface area contributed by atoms with Gasteiger partial charge in [0, 0.05) is 12.2 Å². The van der Waals surface area contributed by atoms with Crippen LogP contribution < -0.4 is 5.32 Å². The van der Waals surface area contributed by atoms with E-state index < -0.39 is 0 Å². The predicted octanol–water partition coefficient (Wildman–Crippen LogP) is 2.65. The number of benzene rings is 1. The van der Waals surface area contributed by atoms with E-state index >= 15 is 0 Å². The van der Waals surface area contributed by atoms with Gasteiger partial charge in [0.15, 0.2) is 0 Å². The lowest BCUT2D eigenvalue weighted by Gasteiger charge is -2.33. The zero-order valence-electron chi connectivity index (χ0n) is 8.59. The topological polar surface area (TPSA) is 35.8 Å². The zero-order valence-corrected chi connectivity index (χ0v) is 8.59. The first-order valence-electron chi connectivity index (χ1n) is 4.92. The minimum Gasteiger partial charge on any atom is -0.385 e. The van der Waals surface area contributed by atoms with Crippen molar-refractivity contribution in [2.24, 2.45) is 0 Å². The maximum absolute atomic E-state index is 8.79. The number of hydrogen-bond acceptors (Lipinski definition) is 2. The molecule has 1 aromatic rings. The van der Waals surface area contributed by atoms with Crippen molar-refractivity contribution in [3.8, 4) is 6.07 Å². The van der Waals surface area contributed by atoms with Crippen LogP contribution in [0.1, 0.15) is 31.4 Å². The lowest BCUT2D eigenvalue weighted by atomic mass is 9.78. The van der Waals surface area contributed by atoms with E-state index in [4.69, 9.17) is 5.26 Å². The molecule has 72 valence electrons. The van der Waals surface area contributed by atoms with Crippen molar-refractivity contribution in [3.05, 3.63) is 29.3 Å². The van der Waals surface area contributed by atoms with Crippen LogP contribution in [0.3, 0.4) is 0 Å².